The van der Waals surface area contributed by atoms with Crippen LogP contribution in [-0.4, -0.2) is 36.7 Å². The summed E-state index contributed by atoms with van der Waals surface area (Å²) in [6, 6.07) is 0. The number of rotatable bonds is 1. The number of amidine groups is 1. The maximum Gasteiger partial charge on any atom is 0.156 e. The van der Waals surface area contributed by atoms with Crippen LogP contribution in [0.5, 0.6) is 0 Å². The van der Waals surface area contributed by atoms with Crippen molar-refractivity contribution in [2.45, 2.75) is 24.5 Å². The summed E-state index contributed by atoms with van der Waals surface area (Å²) in [5.74, 6) is 0. The van der Waals surface area contributed by atoms with Gasteiger partial charge in [0, 0.05) is 24.9 Å². The summed E-state index contributed by atoms with van der Waals surface area (Å²) >= 11 is 1.86. The van der Waals surface area contributed by atoms with Crippen LogP contribution in [-0.2, 0) is 4.74 Å². The Bertz CT molecular complexity index is 190. The second-order valence-corrected chi connectivity index (χ2v) is 4.71. The molecular formula is C9H16N2OS. The van der Waals surface area contributed by atoms with E-state index in [1.54, 1.807) is 0 Å². The smallest absolute Gasteiger partial charge is 0.156 e. The topological polar surface area (TPSA) is 33.6 Å². The van der Waals surface area contributed by atoms with Gasteiger partial charge in [-0.25, -0.2) is 0 Å². The molecule has 0 aromatic heterocycles. The number of aliphatic imine (C=N–C) groups is 1. The lowest BCUT2D eigenvalue weighted by atomic mass is 10.2. The van der Waals surface area contributed by atoms with Crippen LogP contribution in [0.3, 0.4) is 0 Å². The quantitative estimate of drug-likeness (QED) is 0.691. The van der Waals surface area contributed by atoms with Crippen LogP contribution in [0.1, 0.15) is 19.3 Å². The lowest BCUT2D eigenvalue weighted by Crippen LogP contribution is -2.30. The van der Waals surface area contributed by atoms with Crippen molar-refractivity contribution in [2.24, 2.45) is 4.99 Å². The van der Waals surface area contributed by atoms with Crippen LogP contribution < -0.4 is 5.32 Å². The summed E-state index contributed by atoms with van der Waals surface area (Å²) in [4.78, 5) is 4.44. The second-order valence-electron chi connectivity index (χ2n) is 3.42. The van der Waals surface area contributed by atoms with E-state index in [1.165, 1.54) is 19.3 Å². The van der Waals surface area contributed by atoms with E-state index in [9.17, 15) is 0 Å². The van der Waals surface area contributed by atoms with Crippen molar-refractivity contribution in [1.29, 1.82) is 0 Å². The van der Waals surface area contributed by atoms with E-state index < -0.39 is 0 Å². The van der Waals surface area contributed by atoms with Crippen molar-refractivity contribution in [3.05, 3.63) is 0 Å². The first-order valence-corrected chi connectivity index (χ1v) is 5.86. The van der Waals surface area contributed by atoms with Gasteiger partial charge in [-0.3, -0.25) is 4.99 Å². The van der Waals surface area contributed by atoms with E-state index in [0.717, 1.165) is 31.5 Å². The van der Waals surface area contributed by atoms with Crippen molar-refractivity contribution >= 4 is 16.9 Å². The molecule has 74 valence electrons. The van der Waals surface area contributed by atoms with Crippen LogP contribution in [0.15, 0.2) is 4.99 Å². The van der Waals surface area contributed by atoms with Crippen LogP contribution >= 0.6 is 11.8 Å². The summed E-state index contributed by atoms with van der Waals surface area (Å²) < 4.78 is 5.42. The number of nitrogens with zero attached hydrogens (tertiary/aromatic N) is 1. The largest absolute Gasteiger partial charge is 0.380 e. The Balaban J connectivity index is 1.78. The van der Waals surface area contributed by atoms with Gasteiger partial charge < -0.3 is 10.1 Å². The summed E-state index contributed by atoms with van der Waals surface area (Å²) in [6.07, 6.45) is 3.64. The molecule has 0 bridgehead atoms. The van der Waals surface area contributed by atoms with Gasteiger partial charge in [-0.2, -0.15) is 0 Å². The number of nitrogens with one attached hydrogen (secondary N) is 1. The Morgan fingerprint density at radius 3 is 3.15 bits per heavy atom. The van der Waals surface area contributed by atoms with E-state index in [4.69, 9.17) is 4.74 Å². The molecule has 1 saturated heterocycles. The van der Waals surface area contributed by atoms with Gasteiger partial charge in [0.1, 0.15) is 0 Å². The zero-order valence-corrected chi connectivity index (χ0v) is 8.61. The van der Waals surface area contributed by atoms with E-state index >= 15 is 0 Å². The average molecular weight is 200 g/mol. The van der Waals surface area contributed by atoms with Crippen molar-refractivity contribution in [1.82, 2.24) is 5.32 Å². The number of thioether (sulfide) groups is 1. The van der Waals surface area contributed by atoms with Gasteiger partial charge in [-0.1, -0.05) is 11.8 Å². The monoisotopic (exact) mass is 200 g/mol. The third-order valence-corrected chi connectivity index (χ3v) is 3.47. The summed E-state index contributed by atoms with van der Waals surface area (Å²) in [5.41, 5.74) is 0. The van der Waals surface area contributed by atoms with Crippen molar-refractivity contribution in [3.8, 4) is 0 Å². The normalized spacial score (nSPS) is 29.2. The molecule has 0 spiro atoms. The Kier molecular flexibility index (Phi) is 3.49. The Morgan fingerprint density at radius 2 is 2.46 bits per heavy atom. The maximum absolute atomic E-state index is 5.42. The molecule has 0 amide bonds. The molecule has 0 aromatic carbocycles. The Hall–Kier alpha value is -0.220. The SMILES string of the molecule is C1CN=C(SC2CCCOC2)NC1. The molecule has 0 radical (unpaired) electrons. The molecular weight excluding hydrogens is 184 g/mol. The zero-order chi connectivity index (χ0) is 8.93. The van der Waals surface area contributed by atoms with Gasteiger partial charge in [-0.05, 0) is 19.3 Å². The van der Waals surface area contributed by atoms with Crippen LogP contribution in [0.4, 0.5) is 0 Å². The molecule has 2 aliphatic heterocycles. The van der Waals surface area contributed by atoms with Gasteiger partial charge in [0.25, 0.3) is 0 Å². The zero-order valence-electron chi connectivity index (χ0n) is 7.79. The molecule has 0 aliphatic carbocycles. The fourth-order valence-corrected chi connectivity index (χ4v) is 2.67. The van der Waals surface area contributed by atoms with Crippen LogP contribution in [0, 0.1) is 0 Å². The van der Waals surface area contributed by atoms with Gasteiger partial charge in [0.05, 0.1) is 6.61 Å². The molecule has 2 aliphatic rings. The van der Waals surface area contributed by atoms with E-state index in [1.807, 2.05) is 11.8 Å². The van der Waals surface area contributed by atoms with Gasteiger partial charge in [-0.15, -0.1) is 0 Å². The third kappa shape index (κ3) is 2.88. The number of ether oxygens (including phenoxy) is 1. The molecule has 0 aromatic rings. The van der Waals surface area contributed by atoms with Crippen molar-refractivity contribution < 1.29 is 4.74 Å². The predicted molar refractivity (Wildman–Crippen MR) is 56.4 cm³/mol. The van der Waals surface area contributed by atoms with Crippen molar-refractivity contribution in [3.63, 3.8) is 0 Å². The third-order valence-electron chi connectivity index (χ3n) is 2.26. The molecule has 2 rings (SSSR count). The van der Waals surface area contributed by atoms with Gasteiger partial charge in [0.15, 0.2) is 5.17 Å². The van der Waals surface area contributed by atoms with Crippen LogP contribution in [0.2, 0.25) is 0 Å². The highest BCUT2D eigenvalue weighted by atomic mass is 32.2. The lowest BCUT2D eigenvalue weighted by molar-refractivity contribution is 0.102. The van der Waals surface area contributed by atoms with E-state index in [-0.39, 0.29) is 0 Å². The first-order chi connectivity index (χ1) is 6.45. The summed E-state index contributed by atoms with van der Waals surface area (Å²) in [7, 11) is 0. The highest BCUT2D eigenvalue weighted by molar-refractivity contribution is 8.14. The molecule has 13 heavy (non-hydrogen) atoms. The number of hydrogen-bond donors (Lipinski definition) is 1. The summed E-state index contributed by atoms with van der Waals surface area (Å²) in [6.45, 7) is 3.91. The Morgan fingerprint density at radius 1 is 1.46 bits per heavy atom. The first kappa shape index (κ1) is 9.34. The lowest BCUT2D eigenvalue weighted by Gasteiger charge is -2.23. The minimum Gasteiger partial charge on any atom is -0.380 e. The minimum absolute atomic E-state index is 0.623. The second kappa shape index (κ2) is 4.86. The van der Waals surface area contributed by atoms with E-state index in [2.05, 4.69) is 10.3 Å². The first-order valence-electron chi connectivity index (χ1n) is 4.98. The highest BCUT2D eigenvalue weighted by Gasteiger charge is 2.17. The average Bonchev–Trinajstić information content (AvgIpc) is 2.21. The standard InChI is InChI=1S/C9H16N2OS/c1-3-8(7-12-6-1)13-9-10-4-2-5-11-9/h8H,1-7H2,(H,10,11). The molecule has 3 nitrogen and oxygen atoms in total. The molecule has 4 heteroatoms. The summed E-state index contributed by atoms with van der Waals surface area (Å²) in [5, 5.41) is 5.07. The Labute approximate surface area is 83.3 Å². The minimum atomic E-state index is 0.623. The molecule has 2 heterocycles. The molecule has 0 saturated carbocycles. The highest BCUT2D eigenvalue weighted by Crippen LogP contribution is 2.21. The molecule has 1 unspecified atom stereocenters. The molecule has 1 fully saturated rings. The fraction of sp³-hybridized carbons (Fsp3) is 0.889. The maximum atomic E-state index is 5.42. The van der Waals surface area contributed by atoms with Crippen LogP contribution in [0.25, 0.3) is 0 Å². The fourth-order valence-electron chi connectivity index (χ4n) is 1.55. The van der Waals surface area contributed by atoms with Gasteiger partial charge in [0.2, 0.25) is 0 Å². The van der Waals surface area contributed by atoms with Gasteiger partial charge >= 0.3 is 0 Å². The molecule has 1 N–H and O–H groups in total. The van der Waals surface area contributed by atoms with Crippen molar-refractivity contribution in [2.75, 3.05) is 26.3 Å². The number of hydrogen-bond acceptors (Lipinski definition) is 4. The molecule has 1 atom stereocenters. The predicted octanol–water partition coefficient (Wildman–Crippen LogP) is 1.25. The van der Waals surface area contributed by atoms with E-state index in [0.29, 0.717) is 5.25 Å².